The van der Waals surface area contributed by atoms with Gasteiger partial charge >= 0.3 is 8.25 Å². The Kier molecular flexibility index (Phi) is 11.9. The Morgan fingerprint density at radius 3 is 2.07 bits per heavy atom. The smallest absolute Gasteiger partial charge is 0.454 e. The van der Waals surface area contributed by atoms with E-state index in [4.69, 9.17) is 39.5 Å². The van der Waals surface area contributed by atoms with Gasteiger partial charge in [0.15, 0.2) is 5.75 Å². The topological polar surface area (TPSA) is 99.9 Å². The van der Waals surface area contributed by atoms with Gasteiger partial charge in [0.2, 0.25) is 0 Å². The van der Waals surface area contributed by atoms with E-state index < -0.39 is 13.2 Å². The van der Waals surface area contributed by atoms with Gasteiger partial charge in [-0.25, -0.2) is 0 Å². The summed E-state index contributed by atoms with van der Waals surface area (Å²) in [6.07, 6.45) is 0. The van der Waals surface area contributed by atoms with Crippen molar-refractivity contribution in [2.24, 2.45) is 0 Å². The Morgan fingerprint density at radius 1 is 1.03 bits per heavy atom. The number of ether oxygens (including phenoxy) is 1. The van der Waals surface area contributed by atoms with Gasteiger partial charge in [-0.1, -0.05) is 34.8 Å². The third kappa shape index (κ3) is 8.60. The van der Waals surface area contributed by atoms with Crippen molar-refractivity contribution >= 4 is 54.4 Å². The van der Waals surface area contributed by atoms with E-state index in [2.05, 4.69) is 14.4 Å². The van der Waals surface area contributed by atoms with E-state index in [-0.39, 0.29) is 21.5 Å². The molecule has 8 nitrogen and oxygen atoms in total. The number of rotatable bonds is 9. The van der Waals surface area contributed by atoms with Crippen molar-refractivity contribution in [3.05, 3.63) is 55.5 Å². The van der Waals surface area contributed by atoms with Gasteiger partial charge in [0.05, 0.1) is 15.0 Å². The van der Waals surface area contributed by atoms with Crippen LogP contribution in [0.3, 0.4) is 0 Å². The molecular weight excluding hydrogens is 478 g/mol. The Bertz CT molecular complexity index is 854. The van der Waals surface area contributed by atoms with E-state index in [1.807, 2.05) is 6.92 Å². The van der Waals surface area contributed by atoms with Gasteiger partial charge in [-0.15, -0.1) is 9.05 Å². The number of nitro benzene ring substituents is 1. The molecule has 0 amide bonds. The zero-order chi connectivity index (χ0) is 22.7. The molecule has 12 heteroatoms. The lowest BCUT2D eigenvalue weighted by Crippen LogP contribution is -2.01. The molecule has 0 atom stereocenters. The van der Waals surface area contributed by atoms with Gasteiger partial charge < -0.3 is 10.1 Å². The highest BCUT2D eigenvalue weighted by molar-refractivity contribution is 7.33. The third-order valence-corrected chi connectivity index (χ3v) is 4.90. The summed E-state index contributed by atoms with van der Waals surface area (Å²) < 4.78 is 25.1. The maximum atomic E-state index is 11.0. The van der Waals surface area contributed by atoms with Crippen LogP contribution in [0.25, 0.3) is 0 Å². The first kappa shape index (κ1) is 26.4. The lowest BCUT2D eigenvalue weighted by molar-refractivity contribution is -0.384. The van der Waals surface area contributed by atoms with Gasteiger partial charge in [0.25, 0.3) is 5.69 Å². The summed E-state index contributed by atoms with van der Waals surface area (Å²) in [5.74, 6) is 0.608. The van der Waals surface area contributed by atoms with Crippen LogP contribution in [0.4, 0.5) is 11.4 Å². The molecule has 0 saturated heterocycles. The molecule has 0 fully saturated rings. The van der Waals surface area contributed by atoms with Crippen LogP contribution < -0.4 is 10.1 Å². The van der Waals surface area contributed by atoms with Crippen LogP contribution >= 0.6 is 43.1 Å². The Morgan fingerprint density at radius 2 is 1.60 bits per heavy atom. The number of benzene rings is 2. The second-order valence-corrected chi connectivity index (χ2v) is 7.54. The summed E-state index contributed by atoms with van der Waals surface area (Å²) in [5, 5.41) is 14.8. The summed E-state index contributed by atoms with van der Waals surface area (Å²) in [7, 11) is -1.83. The summed E-state index contributed by atoms with van der Waals surface area (Å²) in [6, 6.07) is 7.34. The van der Waals surface area contributed by atoms with E-state index in [9.17, 15) is 14.7 Å². The SMILES string of the molecule is CCNc1cc(Oc2c(Cl)cc(Cl)cc2Cl)ccc1[N+](=O)[O-].CCO[P+](=O)OCC. The van der Waals surface area contributed by atoms with E-state index >= 15 is 0 Å². The van der Waals surface area contributed by atoms with Gasteiger partial charge in [0.1, 0.15) is 24.7 Å². The highest BCUT2D eigenvalue weighted by Crippen LogP contribution is 2.40. The standard InChI is InChI=1S/C14H11Cl3N2O3.C4H10O3P/c1-2-18-12-7-9(3-4-13(12)19(20)21)22-14-10(16)5-8(15)6-11(14)17;1-3-6-8(5)7-4-2/h3-7,18H,2H2,1H3;3-4H2,1-2H3/q;+1. The number of anilines is 1. The van der Waals surface area contributed by atoms with Crippen molar-refractivity contribution in [3.63, 3.8) is 0 Å². The molecule has 0 saturated carbocycles. The molecule has 0 aliphatic carbocycles. The van der Waals surface area contributed by atoms with Crippen molar-refractivity contribution in [2.75, 3.05) is 25.1 Å². The highest BCUT2D eigenvalue weighted by atomic mass is 35.5. The predicted octanol–water partition coefficient (Wildman–Crippen LogP) is 7.50. The van der Waals surface area contributed by atoms with Crippen LogP contribution in [0.2, 0.25) is 15.1 Å². The summed E-state index contributed by atoms with van der Waals surface area (Å²) >= 11 is 17.9. The van der Waals surface area contributed by atoms with Gasteiger partial charge in [-0.2, -0.15) is 0 Å². The number of nitrogens with zero attached hydrogens (tertiary/aromatic N) is 1. The van der Waals surface area contributed by atoms with Crippen molar-refractivity contribution in [1.29, 1.82) is 0 Å². The lowest BCUT2D eigenvalue weighted by Gasteiger charge is -2.12. The molecule has 2 aromatic rings. The van der Waals surface area contributed by atoms with Crippen LogP contribution in [0.15, 0.2) is 30.3 Å². The fourth-order valence-corrected chi connectivity index (χ4v) is 3.45. The lowest BCUT2D eigenvalue weighted by atomic mass is 10.2. The van der Waals surface area contributed by atoms with E-state index in [1.165, 1.54) is 30.3 Å². The molecule has 2 aromatic carbocycles. The zero-order valence-electron chi connectivity index (χ0n) is 16.5. The fourth-order valence-electron chi connectivity index (χ4n) is 2.06. The molecule has 0 spiro atoms. The Hall–Kier alpha value is -1.67. The average molecular weight is 499 g/mol. The van der Waals surface area contributed by atoms with Gasteiger partial charge in [-0.3, -0.25) is 10.1 Å². The molecule has 0 aromatic heterocycles. The van der Waals surface area contributed by atoms with Crippen LogP contribution in [-0.2, 0) is 13.6 Å². The highest BCUT2D eigenvalue weighted by Gasteiger charge is 2.17. The van der Waals surface area contributed by atoms with Crippen LogP contribution in [0.1, 0.15) is 20.8 Å². The minimum absolute atomic E-state index is 0.0394. The van der Waals surface area contributed by atoms with E-state index in [0.29, 0.717) is 36.2 Å². The second-order valence-electron chi connectivity index (χ2n) is 5.33. The van der Waals surface area contributed by atoms with Crippen LogP contribution in [0, 0.1) is 10.1 Å². The number of nitrogens with one attached hydrogen (secondary N) is 1. The normalized spacial score (nSPS) is 10.1. The van der Waals surface area contributed by atoms with Crippen LogP contribution in [-0.4, -0.2) is 24.7 Å². The quantitative estimate of drug-likeness (QED) is 0.217. The van der Waals surface area contributed by atoms with Gasteiger partial charge in [0, 0.05) is 28.3 Å². The third-order valence-electron chi connectivity index (χ3n) is 3.18. The number of halogens is 3. The number of hydrogen-bond donors (Lipinski definition) is 1. The molecule has 0 heterocycles. The summed E-state index contributed by atoms with van der Waals surface area (Å²) in [6.45, 7) is 6.79. The van der Waals surface area contributed by atoms with Crippen molar-refractivity contribution in [1.82, 2.24) is 0 Å². The Labute approximate surface area is 190 Å². The van der Waals surface area contributed by atoms with Crippen molar-refractivity contribution in [2.45, 2.75) is 20.8 Å². The molecule has 164 valence electrons. The number of nitro groups is 1. The van der Waals surface area contributed by atoms with Crippen LogP contribution in [0.5, 0.6) is 11.5 Å². The molecule has 1 N–H and O–H groups in total. The molecule has 30 heavy (non-hydrogen) atoms. The minimum Gasteiger partial charge on any atom is -0.454 e. The van der Waals surface area contributed by atoms with E-state index in [1.54, 1.807) is 13.8 Å². The molecule has 0 radical (unpaired) electrons. The maximum absolute atomic E-state index is 11.0. The molecule has 0 bridgehead atoms. The average Bonchev–Trinajstić information content (AvgIpc) is 2.66. The van der Waals surface area contributed by atoms with Crippen molar-refractivity contribution in [3.8, 4) is 11.5 Å². The zero-order valence-corrected chi connectivity index (χ0v) is 19.6. The summed E-state index contributed by atoms with van der Waals surface area (Å²) in [5.41, 5.74) is 0.314. The van der Waals surface area contributed by atoms with Gasteiger partial charge in [-0.05, 0) is 39.0 Å². The maximum Gasteiger partial charge on any atom is 0.697 e. The molecule has 0 unspecified atom stereocenters. The minimum atomic E-state index is -1.83. The largest absolute Gasteiger partial charge is 0.697 e. The van der Waals surface area contributed by atoms with Crippen molar-refractivity contribution < 1.29 is 23.3 Å². The predicted molar refractivity (Wildman–Crippen MR) is 120 cm³/mol. The first-order valence-electron chi connectivity index (χ1n) is 8.81. The molecule has 0 aliphatic rings. The Balaban J connectivity index is 0.000000479. The first-order chi connectivity index (χ1) is 14.2. The monoisotopic (exact) mass is 497 g/mol. The summed E-state index contributed by atoms with van der Waals surface area (Å²) in [4.78, 5) is 10.5. The molecular formula is C18H21Cl3N2O6P+. The fraction of sp³-hybridized carbons (Fsp3) is 0.333. The number of hydrogen-bond acceptors (Lipinski definition) is 7. The second kappa shape index (κ2) is 13.6. The molecule has 2 rings (SSSR count). The molecule has 0 aliphatic heterocycles. The van der Waals surface area contributed by atoms with E-state index in [0.717, 1.165) is 0 Å². The first-order valence-corrected chi connectivity index (χ1v) is 11.0.